The van der Waals surface area contributed by atoms with Crippen molar-refractivity contribution in [2.75, 3.05) is 6.61 Å². The first-order valence-electron chi connectivity index (χ1n) is 9.79. The molecule has 30 heavy (non-hydrogen) atoms. The zero-order valence-corrected chi connectivity index (χ0v) is 17.4. The Morgan fingerprint density at radius 2 is 1.97 bits per heavy atom. The summed E-state index contributed by atoms with van der Waals surface area (Å²) in [6, 6.07) is 11.3. The van der Waals surface area contributed by atoms with Crippen LogP contribution in [-0.2, 0) is 16.6 Å². The standard InChI is InChI=1S/C24H23NO5/c1-14(2)29-22(26)13-28-20-10-9-18-23(27)21(30-24(18)15(20)3)11-16-12-25(4)19-8-6-5-7-17(16)19/h5-12,14H,13H2,1-4H3/b21-11+. The molecule has 2 aromatic carbocycles. The number of Topliss-reactive ketones (excluding diaryl/α,β-unsaturated/α-hetero) is 1. The van der Waals surface area contributed by atoms with E-state index in [1.807, 2.05) is 42.1 Å². The van der Waals surface area contributed by atoms with Gasteiger partial charge in [-0.25, -0.2) is 4.79 Å². The lowest BCUT2D eigenvalue weighted by atomic mass is 10.1. The van der Waals surface area contributed by atoms with Gasteiger partial charge in [0.25, 0.3) is 0 Å². The summed E-state index contributed by atoms with van der Waals surface area (Å²) in [5, 5.41) is 1.05. The van der Waals surface area contributed by atoms with Gasteiger partial charge in [0.1, 0.15) is 11.5 Å². The van der Waals surface area contributed by atoms with Crippen LogP contribution in [0.4, 0.5) is 0 Å². The van der Waals surface area contributed by atoms with Crippen molar-refractivity contribution < 1.29 is 23.8 Å². The van der Waals surface area contributed by atoms with E-state index in [1.54, 1.807) is 39.0 Å². The molecule has 6 nitrogen and oxygen atoms in total. The van der Waals surface area contributed by atoms with Crippen LogP contribution >= 0.6 is 0 Å². The number of allylic oxidation sites excluding steroid dienone is 1. The van der Waals surface area contributed by atoms with Crippen LogP contribution in [0.2, 0.25) is 0 Å². The van der Waals surface area contributed by atoms with Gasteiger partial charge in [-0.2, -0.15) is 0 Å². The minimum atomic E-state index is -0.446. The average Bonchev–Trinajstić information content (AvgIpc) is 3.19. The van der Waals surface area contributed by atoms with E-state index in [0.717, 1.165) is 16.5 Å². The van der Waals surface area contributed by atoms with Gasteiger partial charge < -0.3 is 18.8 Å². The van der Waals surface area contributed by atoms with Gasteiger partial charge in [-0.1, -0.05) is 18.2 Å². The molecule has 0 N–H and O–H groups in total. The fourth-order valence-electron chi connectivity index (χ4n) is 3.59. The summed E-state index contributed by atoms with van der Waals surface area (Å²) in [6.07, 6.45) is 3.54. The summed E-state index contributed by atoms with van der Waals surface area (Å²) >= 11 is 0. The lowest BCUT2D eigenvalue weighted by molar-refractivity contribution is -0.149. The van der Waals surface area contributed by atoms with Crippen LogP contribution in [0, 0.1) is 6.92 Å². The van der Waals surface area contributed by atoms with Gasteiger partial charge in [-0.3, -0.25) is 4.79 Å². The minimum absolute atomic E-state index is 0.174. The second-order valence-corrected chi connectivity index (χ2v) is 7.54. The maximum Gasteiger partial charge on any atom is 0.344 e. The van der Waals surface area contributed by atoms with Gasteiger partial charge in [-0.15, -0.1) is 0 Å². The summed E-state index contributed by atoms with van der Waals surface area (Å²) in [7, 11) is 1.97. The van der Waals surface area contributed by atoms with Crippen LogP contribution < -0.4 is 9.47 Å². The van der Waals surface area contributed by atoms with Crippen molar-refractivity contribution in [3.63, 3.8) is 0 Å². The molecule has 0 atom stereocenters. The van der Waals surface area contributed by atoms with Crippen molar-refractivity contribution in [3.8, 4) is 11.5 Å². The molecule has 0 bridgehead atoms. The number of fused-ring (bicyclic) bond motifs is 2. The van der Waals surface area contributed by atoms with Gasteiger partial charge in [0, 0.05) is 35.3 Å². The van der Waals surface area contributed by atoms with Gasteiger partial charge in [0.15, 0.2) is 12.4 Å². The molecule has 1 aromatic heterocycles. The second-order valence-electron chi connectivity index (χ2n) is 7.54. The highest BCUT2D eigenvalue weighted by atomic mass is 16.6. The first-order valence-corrected chi connectivity index (χ1v) is 9.79. The van der Waals surface area contributed by atoms with Crippen molar-refractivity contribution in [2.45, 2.75) is 26.9 Å². The van der Waals surface area contributed by atoms with Gasteiger partial charge in [0.2, 0.25) is 5.78 Å². The smallest absolute Gasteiger partial charge is 0.344 e. The summed E-state index contributed by atoms with van der Waals surface area (Å²) in [5.74, 6) is 0.584. The predicted octanol–water partition coefficient (Wildman–Crippen LogP) is 4.43. The lowest BCUT2D eigenvalue weighted by Gasteiger charge is -2.12. The number of ketones is 1. The van der Waals surface area contributed by atoms with Crippen molar-refractivity contribution in [1.29, 1.82) is 0 Å². The molecule has 1 aliphatic heterocycles. The van der Waals surface area contributed by atoms with E-state index in [4.69, 9.17) is 14.2 Å². The minimum Gasteiger partial charge on any atom is -0.481 e. The lowest BCUT2D eigenvalue weighted by Crippen LogP contribution is -2.19. The zero-order chi connectivity index (χ0) is 21.4. The number of aromatic nitrogens is 1. The normalized spacial score (nSPS) is 14.3. The zero-order valence-electron chi connectivity index (χ0n) is 17.4. The van der Waals surface area contributed by atoms with Crippen molar-refractivity contribution in [2.24, 2.45) is 7.05 Å². The summed E-state index contributed by atoms with van der Waals surface area (Å²) in [6.45, 7) is 5.16. The molecule has 0 saturated carbocycles. The molecule has 0 spiro atoms. The van der Waals surface area contributed by atoms with Crippen LogP contribution in [0.1, 0.15) is 35.3 Å². The highest BCUT2D eigenvalue weighted by Gasteiger charge is 2.30. The highest BCUT2D eigenvalue weighted by Crippen LogP contribution is 2.39. The fraction of sp³-hybridized carbons (Fsp3) is 0.250. The molecule has 1 aliphatic rings. The maximum atomic E-state index is 12.9. The number of ether oxygens (including phenoxy) is 3. The van der Waals surface area contributed by atoms with Crippen molar-refractivity contribution in [1.82, 2.24) is 4.57 Å². The first kappa shape index (κ1) is 19.8. The first-order chi connectivity index (χ1) is 14.3. The molecule has 6 heteroatoms. The number of carbonyl (C=O) groups excluding carboxylic acids is 2. The fourth-order valence-corrected chi connectivity index (χ4v) is 3.59. The Morgan fingerprint density at radius 3 is 2.73 bits per heavy atom. The monoisotopic (exact) mass is 405 g/mol. The van der Waals surface area contributed by atoms with E-state index in [9.17, 15) is 9.59 Å². The number of benzene rings is 2. The number of hydrogen-bond acceptors (Lipinski definition) is 5. The summed E-state index contributed by atoms with van der Waals surface area (Å²) in [5.41, 5.74) is 3.14. The molecule has 0 saturated heterocycles. The Bertz CT molecular complexity index is 1190. The Labute approximate surface area is 174 Å². The second kappa shape index (κ2) is 7.71. The average molecular weight is 405 g/mol. The van der Waals surface area contributed by atoms with Crippen LogP contribution in [0.3, 0.4) is 0 Å². The molecule has 3 aromatic rings. The summed E-state index contributed by atoms with van der Waals surface area (Å²) in [4.78, 5) is 24.6. The number of esters is 1. The molecule has 0 unspecified atom stereocenters. The number of aryl methyl sites for hydroxylation is 1. The molecule has 0 fully saturated rings. The Kier molecular flexibility index (Phi) is 5.08. The van der Waals surface area contributed by atoms with Crippen LogP contribution in [0.25, 0.3) is 17.0 Å². The Hall–Kier alpha value is -3.54. The number of carbonyl (C=O) groups is 2. The number of para-hydroxylation sites is 1. The van der Waals surface area contributed by atoms with E-state index >= 15 is 0 Å². The third kappa shape index (κ3) is 3.56. The van der Waals surface area contributed by atoms with E-state index in [-0.39, 0.29) is 24.3 Å². The van der Waals surface area contributed by atoms with E-state index in [0.29, 0.717) is 22.6 Å². The molecule has 154 valence electrons. The van der Waals surface area contributed by atoms with E-state index in [1.165, 1.54) is 0 Å². The van der Waals surface area contributed by atoms with Crippen molar-refractivity contribution in [3.05, 3.63) is 65.0 Å². The van der Waals surface area contributed by atoms with Gasteiger partial charge >= 0.3 is 5.97 Å². The number of rotatable bonds is 5. The van der Waals surface area contributed by atoms with Crippen LogP contribution in [0.5, 0.6) is 11.5 Å². The molecule has 2 heterocycles. The van der Waals surface area contributed by atoms with E-state index in [2.05, 4.69) is 0 Å². The maximum absolute atomic E-state index is 12.9. The molecule has 0 radical (unpaired) electrons. The quantitative estimate of drug-likeness (QED) is 0.464. The molecule has 0 aliphatic carbocycles. The van der Waals surface area contributed by atoms with Gasteiger partial charge in [-0.05, 0) is 45.0 Å². The largest absolute Gasteiger partial charge is 0.481 e. The third-order valence-corrected chi connectivity index (χ3v) is 4.96. The SMILES string of the molecule is Cc1c(OCC(=O)OC(C)C)ccc2c1O/C(=C/c1cn(C)c3ccccc13)C2=O. The summed E-state index contributed by atoms with van der Waals surface area (Å²) < 4.78 is 18.6. The van der Waals surface area contributed by atoms with Gasteiger partial charge in [0.05, 0.1) is 11.7 Å². The number of hydrogen-bond donors (Lipinski definition) is 0. The van der Waals surface area contributed by atoms with Crippen LogP contribution in [0.15, 0.2) is 48.4 Å². The molecular weight excluding hydrogens is 382 g/mol. The highest BCUT2D eigenvalue weighted by molar-refractivity contribution is 6.15. The topological polar surface area (TPSA) is 66.8 Å². The Balaban J connectivity index is 1.60. The molecule has 4 rings (SSSR count). The predicted molar refractivity (Wildman–Crippen MR) is 114 cm³/mol. The van der Waals surface area contributed by atoms with Crippen molar-refractivity contribution >= 4 is 28.7 Å². The number of nitrogens with zero attached hydrogens (tertiary/aromatic N) is 1. The Morgan fingerprint density at radius 1 is 1.20 bits per heavy atom. The van der Waals surface area contributed by atoms with E-state index < -0.39 is 5.97 Å². The molecule has 0 amide bonds. The van der Waals surface area contributed by atoms with Crippen LogP contribution in [-0.4, -0.2) is 29.0 Å². The molecular formula is C24H23NO5. The third-order valence-electron chi connectivity index (χ3n) is 4.96.